The summed E-state index contributed by atoms with van der Waals surface area (Å²) in [6.07, 6.45) is 0.0801. The predicted molar refractivity (Wildman–Crippen MR) is 137 cm³/mol. The summed E-state index contributed by atoms with van der Waals surface area (Å²) in [4.78, 5) is 29.8. The van der Waals surface area contributed by atoms with Crippen LogP contribution in [0.4, 0.5) is 0 Å². The molecule has 0 N–H and O–H groups in total. The van der Waals surface area contributed by atoms with Crippen LogP contribution in [0.1, 0.15) is 12.0 Å². The van der Waals surface area contributed by atoms with Gasteiger partial charge in [-0.15, -0.1) is 0 Å². The molecule has 0 radical (unpaired) electrons. The maximum absolute atomic E-state index is 13.2. The number of hydrogen-bond donors (Lipinski definition) is 0. The lowest BCUT2D eigenvalue weighted by atomic mass is 9.96. The molecule has 2 aliphatic rings. The SMILES string of the molecule is COc1ccccc1OCC(=O)N1CCO[C@](COc2ccc(Cl)c(C)c2)(CC(=O)N2CCOCC2)C1. The fourth-order valence-electron chi connectivity index (χ4n) is 4.39. The van der Waals surface area contributed by atoms with E-state index in [4.69, 9.17) is 35.3 Å². The topological polar surface area (TPSA) is 86.8 Å². The van der Waals surface area contributed by atoms with Gasteiger partial charge in [0, 0.05) is 24.7 Å². The summed E-state index contributed by atoms with van der Waals surface area (Å²) in [6.45, 7) is 4.77. The van der Waals surface area contributed by atoms with Crippen molar-refractivity contribution in [2.75, 3.05) is 66.3 Å². The lowest BCUT2D eigenvalue weighted by Gasteiger charge is -2.43. The minimum atomic E-state index is -1.01. The van der Waals surface area contributed by atoms with Crippen molar-refractivity contribution in [3.05, 3.63) is 53.1 Å². The van der Waals surface area contributed by atoms with Crippen LogP contribution in [-0.4, -0.2) is 93.5 Å². The maximum Gasteiger partial charge on any atom is 0.260 e. The predicted octanol–water partition coefficient (Wildman–Crippen LogP) is 2.96. The molecule has 0 aromatic heterocycles. The normalized spacial score (nSPS) is 19.9. The number of carbonyl (C=O) groups excluding carboxylic acids is 2. The number of morpholine rings is 2. The molecule has 0 saturated carbocycles. The zero-order valence-electron chi connectivity index (χ0n) is 21.2. The summed E-state index contributed by atoms with van der Waals surface area (Å²) in [5, 5.41) is 0.644. The summed E-state index contributed by atoms with van der Waals surface area (Å²) in [5.41, 5.74) is -0.131. The fraction of sp³-hybridized carbons (Fsp3) is 0.481. The van der Waals surface area contributed by atoms with Crippen molar-refractivity contribution in [2.24, 2.45) is 0 Å². The van der Waals surface area contributed by atoms with Gasteiger partial charge in [-0.2, -0.15) is 0 Å². The van der Waals surface area contributed by atoms with Gasteiger partial charge in [0.25, 0.3) is 5.91 Å². The van der Waals surface area contributed by atoms with E-state index in [1.165, 1.54) is 0 Å². The molecule has 2 aliphatic heterocycles. The van der Waals surface area contributed by atoms with Crippen molar-refractivity contribution in [3.63, 3.8) is 0 Å². The van der Waals surface area contributed by atoms with Crippen LogP contribution >= 0.6 is 11.6 Å². The van der Waals surface area contributed by atoms with Crippen molar-refractivity contribution in [1.29, 1.82) is 0 Å². The highest BCUT2D eigenvalue weighted by Gasteiger charge is 2.42. The molecule has 0 spiro atoms. The number of rotatable bonds is 9. The summed E-state index contributed by atoms with van der Waals surface area (Å²) < 4.78 is 28.7. The Morgan fingerprint density at radius 1 is 0.973 bits per heavy atom. The van der Waals surface area contributed by atoms with Crippen molar-refractivity contribution in [1.82, 2.24) is 9.80 Å². The molecule has 2 fully saturated rings. The largest absolute Gasteiger partial charge is 0.493 e. The minimum Gasteiger partial charge on any atom is -0.493 e. The molecular weight excluding hydrogens is 500 g/mol. The first kappa shape index (κ1) is 27.0. The number of carbonyl (C=O) groups is 2. The number of halogens is 1. The van der Waals surface area contributed by atoms with E-state index in [-0.39, 0.29) is 44.6 Å². The Labute approximate surface area is 222 Å². The first-order chi connectivity index (χ1) is 17.9. The van der Waals surface area contributed by atoms with Crippen LogP contribution in [-0.2, 0) is 19.1 Å². The van der Waals surface area contributed by atoms with Gasteiger partial charge in [0.05, 0.1) is 39.9 Å². The Bertz CT molecular complexity index is 1090. The molecular formula is C27H33ClN2O7. The lowest BCUT2D eigenvalue weighted by molar-refractivity contribution is -0.168. The van der Waals surface area contributed by atoms with Gasteiger partial charge in [-0.1, -0.05) is 23.7 Å². The highest BCUT2D eigenvalue weighted by Crippen LogP contribution is 2.29. The van der Waals surface area contributed by atoms with E-state index in [2.05, 4.69) is 0 Å². The number of benzene rings is 2. The molecule has 200 valence electrons. The molecule has 4 rings (SSSR count). The molecule has 0 bridgehead atoms. The van der Waals surface area contributed by atoms with E-state index < -0.39 is 5.60 Å². The molecule has 2 heterocycles. The third-order valence-corrected chi connectivity index (χ3v) is 6.91. The summed E-state index contributed by atoms with van der Waals surface area (Å²) in [5.74, 6) is 1.39. The van der Waals surface area contributed by atoms with Gasteiger partial charge >= 0.3 is 0 Å². The number of para-hydroxylation sites is 2. The summed E-state index contributed by atoms with van der Waals surface area (Å²) in [7, 11) is 1.55. The standard InChI is InChI=1S/C27H33ClN2O7/c1-20-15-21(7-8-22(20)28)36-19-27(16-25(31)29-9-12-34-13-10-29)18-30(11-14-37-27)26(32)17-35-24-6-4-3-5-23(24)33-2/h3-8,15H,9-14,16-19H2,1-2H3/t27-/m1/s1. The maximum atomic E-state index is 13.2. The molecule has 1 atom stereocenters. The quantitative estimate of drug-likeness (QED) is 0.491. The number of amides is 2. The van der Waals surface area contributed by atoms with E-state index in [0.717, 1.165) is 5.56 Å². The van der Waals surface area contributed by atoms with Crippen molar-refractivity contribution < 1.29 is 33.3 Å². The van der Waals surface area contributed by atoms with Crippen LogP contribution in [0, 0.1) is 6.92 Å². The molecule has 9 nitrogen and oxygen atoms in total. The molecule has 0 aliphatic carbocycles. The molecule has 10 heteroatoms. The van der Waals surface area contributed by atoms with E-state index in [0.29, 0.717) is 55.1 Å². The molecule has 0 unspecified atom stereocenters. The van der Waals surface area contributed by atoms with E-state index >= 15 is 0 Å². The molecule has 2 aromatic rings. The molecule has 2 amide bonds. The van der Waals surface area contributed by atoms with Crippen LogP contribution in [0.15, 0.2) is 42.5 Å². The first-order valence-corrected chi connectivity index (χ1v) is 12.7. The third-order valence-electron chi connectivity index (χ3n) is 6.49. The van der Waals surface area contributed by atoms with Gasteiger partial charge < -0.3 is 33.5 Å². The first-order valence-electron chi connectivity index (χ1n) is 12.3. The fourth-order valence-corrected chi connectivity index (χ4v) is 4.51. The Morgan fingerprint density at radius 3 is 2.43 bits per heavy atom. The van der Waals surface area contributed by atoms with Crippen LogP contribution < -0.4 is 14.2 Å². The van der Waals surface area contributed by atoms with Crippen LogP contribution in [0.2, 0.25) is 5.02 Å². The lowest BCUT2D eigenvalue weighted by Crippen LogP contribution is -2.59. The monoisotopic (exact) mass is 532 g/mol. The van der Waals surface area contributed by atoms with E-state index in [1.807, 2.05) is 25.1 Å². The second-order valence-electron chi connectivity index (χ2n) is 9.16. The van der Waals surface area contributed by atoms with Gasteiger partial charge in [-0.3, -0.25) is 9.59 Å². The zero-order valence-corrected chi connectivity index (χ0v) is 22.0. The highest BCUT2D eigenvalue weighted by molar-refractivity contribution is 6.31. The number of ether oxygens (including phenoxy) is 5. The van der Waals surface area contributed by atoms with Gasteiger partial charge in [-0.05, 0) is 42.8 Å². The van der Waals surface area contributed by atoms with Crippen LogP contribution in [0.3, 0.4) is 0 Å². The van der Waals surface area contributed by atoms with Gasteiger partial charge in [0.2, 0.25) is 5.91 Å². The summed E-state index contributed by atoms with van der Waals surface area (Å²) >= 11 is 6.15. The van der Waals surface area contributed by atoms with Gasteiger partial charge in [0.15, 0.2) is 18.1 Å². The average Bonchev–Trinajstić information content (AvgIpc) is 2.93. The van der Waals surface area contributed by atoms with Gasteiger partial charge in [-0.25, -0.2) is 0 Å². The van der Waals surface area contributed by atoms with Crippen LogP contribution in [0.5, 0.6) is 17.2 Å². The molecule has 2 aromatic carbocycles. The van der Waals surface area contributed by atoms with E-state index in [9.17, 15) is 9.59 Å². The second kappa shape index (κ2) is 12.5. The number of aryl methyl sites for hydroxylation is 1. The minimum absolute atomic E-state index is 0.0567. The second-order valence-corrected chi connectivity index (χ2v) is 9.56. The van der Waals surface area contributed by atoms with Crippen molar-refractivity contribution >= 4 is 23.4 Å². The number of hydrogen-bond acceptors (Lipinski definition) is 7. The molecule has 2 saturated heterocycles. The zero-order chi connectivity index (χ0) is 26.3. The Balaban J connectivity index is 1.46. The van der Waals surface area contributed by atoms with E-state index in [1.54, 1.807) is 41.2 Å². The highest BCUT2D eigenvalue weighted by atomic mass is 35.5. The Kier molecular flexibility index (Phi) is 9.13. The van der Waals surface area contributed by atoms with Crippen molar-refractivity contribution in [3.8, 4) is 17.2 Å². The Hall–Kier alpha value is -3.01. The number of nitrogens with zero attached hydrogens (tertiary/aromatic N) is 2. The number of methoxy groups -OCH3 is 1. The average molecular weight is 533 g/mol. The van der Waals surface area contributed by atoms with Crippen LogP contribution in [0.25, 0.3) is 0 Å². The smallest absolute Gasteiger partial charge is 0.260 e. The Morgan fingerprint density at radius 2 is 1.70 bits per heavy atom. The third kappa shape index (κ3) is 7.06. The van der Waals surface area contributed by atoms with Gasteiger partial charge in [0.1, 0.15) is 18.0 Å². The van der Waals surface area contributed by atoms with Crippen molar-refractivity contribution in [2.45, 2.75) is 18.9 Å². The summed E-state index contributed by atoms with van der Waals surface area (Å²) in [6, 6.07) is 12.6. The molecule has 37 heavy (non-hydrogen) atoms.